The van der Waals surface area contributed by atoms with Crippen molar-refractivity contribution in [2.75, 3.05) is 6.54 Å². The van der Waals surface area contributed by atoms with Crippen LogP contribution in [0, 0.1) is 5.92 Å². The fourth-order valence-electron chi connectivity index (χ4n) is 2.31. The van der Waals surface area contributed by atoms with E-state index in [1.807, 2.05) is 0 Å². The molecule has 0 unspecified atom stereocenters. The van der Waals surface area contributed by atoms with Crippen molar-refractivity contribution in [1.82, 2.24) is 5.32 Å². The number of nitrogens with one attached hydrogen (secondary N) is 1. The van der Waals surface area contributed by atoms with Crippen molar-refractivity contribution in [3.8, 4) is 0 Å². The van der Waals surface area contributed by atoms with Crippen LogP contribution in [0.25, 0.3) is 0 Å². The summed E-state index contributed by atoms with van der Waals surface area (Å²) in [6.07, 6.45) is 8.17. The first-order valence-corrected chi connectivity index (χ1v) is 6.17. The van der Waals surface area contributed by atoms with Crippen LogP contribution in [0.1, 0.15) is 51.4 Å². The predicted octanol–water partition coefficient (Wildman–Crippen LogP) is 1.60. The molecule has 0 heterocycles. The van der Waals surface area contributed by atoms with E-state index in [9.17, 15) is 9.90 Å². The van der Waals surface area contributed by atoms with Crippen LogP contribution in [0.15, 0.2) is 0 Å². The minimum atomic E-state index is -0.614. The number of carbonyl (C=O) groups is 1. The van der Waals surface area contributed by atoms with Crippen LogP contribution in [0.4, 0.5) is 0 Å². The maximum absolute atomic E-state index is 11.5. The highest BCUT2D eigenvalue weighted by Crippen LogP contribution is 2.32. The summed E-state index contributed by atoms with van der Waals surface area (Å²) in [5.74, 6) is 0.752. The van der Waals surface area contributed by atoms with E-state index < -0.39 is 5.60 Å². The average molecular weight is 211 g/mol. The first-order valence-electron chi connectivity index (χ1n) is 6.17. The van der Waals surface area contributed by atoms with Gasteiger partial charge in [-0.25, -0.2) is 0 Å². The maximum Gasteiger partial charge on any atom is 0.220 e. The van der Waals surface area contributed by atoms with Gasteiger partial charge in [-0.15, -0.1) is 0 Å². The Bertz CT molecular complexity index is 230. The summed E-state index contributed by atoms with van der Waals surface area (Å²) >= 11 is 0. The molecule has 2 rings (SSSR count). The van der Waals surface area contributed by atoms with E-state index in [0.717, 1.165) is 25.7 Å². The largest absolute Gasteiger partial charge is 0.388 e. The van der Waals surface area contributed by atoms with E-state index in [2.05, 4.69) is 5.32 Å². The van der Waals surface area contributed by atoms with Crippen molar-refractivity contribution in [2.45, 2.75) is 57.0 Å². The van der Waals surface area contributed by atoms with Crippen LogP contribution in [-0.2, 0) is 4.79 Å². The smallest absolute Gasteiger partial charge is 0.220 e. The van der Waals surface area contributed by atoms with E-state index >= 15 is 0 Å². The van der Waals surface area contributed by atoms with Gasteiger partial charge in [-0.05, 0) is 31.6 Å². The standard InChI is InChI=1S/C12H21NO2/c14-11(8-10-4-5-10)13-9-12(15)6-2-1-3-7-12/h10,15H,1-9H2,(H,13,14). The molecule has 2 aliphatic carbocycles. The quantitative estimate of drug-likeness (QED) is 0.742. The zero-order chi connectivity index (χ0) is 10.7. The topological polar surface area (TPSA) is 49.3 Å². The van der Waals surface area contributed by atoms with E-state index in [-0.39, 0.29) is 5.91 Å². The zero-order valence-electron chi connectivity index (χ0n) is 9.30. The van der Waals surface area contributed by atoms with Crippen LogP contribution < -0.4 is 5.32 Å². The summed E-state index contributed by atoms with van der Waals surface area (Å²) in [6.45, 7) is 0.457. The number of aliphatic hydroxyl groups is 1. The molecule has 15 heavy (non-hydrogen) atoms. The number of hydrogen-bond donors (Lipinski definition) is 2. The molecular weight excluding hydrogens is 190 g/mol. The fraction of sp³-hybridized carbons (Fsp3) is 0.917. The minimum Gasteiger partial charge on any atom is -0.388 e. The Labute approximate surface area is 91.2 Å². The second kappa shape index (κ2) is 4.52. The van der Waals surface area contributed by atoms with E-state index in [0.29, 0.717) is 18.9 Å². The lowest BCUT2D eigenvalue weighted by Gasteiger charge is -2.32. The van der Waals surface area contributed by atoms with Gasteiger partial charge in [0.25, 0.3) is 0 Å². The van der Waals surface area contributed by atoms with E-state index in [4.69, 9.17) is 0 Å². The van der Waals surface area contributed by atoms with Crippen molar-refractivity contribution >= 4 is 5.91 Å². The summed E-state index contributed by atoms with van der Waals surface area (Å²) in [7, 11) is 0. The van der Waals surface area contributed by atoms with E-state index in [1.54, 1.807) is 0 Å². The Hall–Kier alpha value is -0.570. The van der Waals surface area contributed by atoms with Crippen LogP contribution in [0.5, 0.6) is 0 Å². The molecule has 86 valence electrons. The van der Waals surface area contributed by atoms with Crippen molar-refractivity contribution < 1.29 is 9.90 Å². The van der Waals surface area contributed by atoms with Gasteiger partial charge >= 0.3 is 0 Å². The van der Waals surface area contributed by atoms with Gasteiger partial charge in [-0.3, -0.25) is 4.79 Å². The molecule has 2 N–H and O–H groups in total. The van der Waals surface area contributed by atoms with Gasteiger partial charge in [0.05, 0.1) is 5.60 Å². The van der Waals surface area contributed by atoms with Gasteiger partial charge in [0, 0.05) is 13.0 Å². The zero-order valence-corrected chi connectivity index (χ0v) is 9.30. The second-order valence-corrected chi connectivity index (χ2v) is 5.21. The summed E-state index contributed by atoms with van der Waals surface area (Å²) in [4.78, 5) is 11.5. The number of amides is 1. The lowest BCUT2D eigenvalue weighted by Crippen LogP contribution is -2.44. The summed E-state index contributed by atoms with van der Waals surface area (Å²) < 4.78 is 0. The van der Waals surface area contributed by atoms with Crippen molar-refractivity contribution in [3.63, 3.8) is 0 Å². The average Bonchev–Trinajstić information content (AvgIpc) is 3.00. The molecule has 2 saturated carbocycles. The number of rotatable bonds is 4. The van der Waals surface area contributed by atoms with Gasteiger partial charge in [-0.1, -0.05) is 19.3 Å². The molecular formula is C12H21NO2. The monoisotopic (exact) mass is 211 g/mol. The third kappa shape index (κ3) is 3.49. The first-order chi connectivity index (χ1) is 7.18. The first kappa shape index (κ1) is 10.9. The van der Waals surface area contributed by atoms with Crippen LogP contribution in [-0.4, -0.2) is 23.2 Å². The maximum atomic E-state index is 11.5. The molecule has 1 amide bonds. The highest BCUT2D eigenvalue weighted by Gasteiger charge is 2.30. The molecule has 3 nitrogen and oxygen atoms in total. The van der Waals surface area contributed by atoms with Crippen LogP contribution in [0.3, 0.4) is 0 Å². The fourth-order valence-corrected chi connectivity index (χ4v) is 2.31. The number of hydrogen-bond acceptors (Lipinski definition) is 2. The number of carbonyl (C=O) groups excluding carboxylic acids is 1. The lowest BCUT2D eigenvalue weighted by molar-refractivity contribution is -0.123. The third-order valence-corrected chi connectivity index (χ3v) is 3.57. The Morgan fingerprint density at radius 1 is 1.27 bits per heavy atom. The second-order valence-electron chi connectivity index (χ2n) is 5.21. The molecule has 0 bridgehead atoms. The Kier molecular flexibility index (Phi) is 3.29. The Morgan fingerprint density at radius 3 is 2.53 bits per heavy atom. The third-order valence-electron chi connectivity index (χ3n) is 3.57. The van der Waals surface area contributed by atoms with Crippen LogP contribution in [0.2, 0.25) is 0 Å². The Morgan fingerprint density at radius 2 is 1.93 bits per heavy atom. The molecule has 0 spiro atoms. The molecule has 0 atom stereocenters. The SMILES string of the molecule is O=C(CC1CC1)NCC1(O)CCCCC1. The van der Waals surface area contributed by atoms with Gasteiger partial charge < -0.3 is 10.4 Å². The molecule has 0 aromatic heterocycles. The van der Waals surface area contributed by atoms with Crippen molar-refractivity contribution in [1.29, 1.82) is 0 Å². The summed E-state index contributed by atoms with van der Waals surface area (Å²) in [6, 6.07) is 0. The minimum absolute atomic E-state index is 0.122. The molecule has 0 radical (unpaired) electrons. The summed E-state index contributed by atoms with van der Waals surface area (Å²) in [5.41, 5.74) is -0.614. The molecule has 2 aliphatic rings. The molecule has 2 fully saturated rings. The lowest BCUT2D eigenvalue weighted by atomic mass is 9.85. The van der Waals surface area contributed by atoms with E-state index in [1.165, 1.54) is 19.3 Å². The van der Waals surface area contributed by atoms with Gasteiger partial charge in [0.1, 0.15) is 0 Å². The highest BCUT2D eigenvalue weighted by molar-refractivity contribution is 5.76. The molecule has 3 heteroatoms. The predicted molar refractivity (Wildman–Crippen MR) is 58.4 cm³/mol. The highest BCUT2D eigenvalue weighted by atomic mass is 16.3. The van der Waals surface area contributed by atoms with Gasteiger partial charge in [0.2, 0.25) is 5.91 Å². The molecule has 0 aliphatic heterocycles. The molecule has 0 saturated heterocycles. The van der Waals surface area contributed by atoms with Crippen LogP contribution >= 0.6 is 0 Å². The van der Waals surface area contributed by atoms with Crippen molar-refractivity contribution in [2.24, 2.45) is 5.92 Å². The molecule has 0 aromatic rings. The van der Waals surface area contributed by atoms with Crippen molar-refractivity contribution in [3.05, 3.63) is 0 Å². The summed E-state index contributed by atoms with van der Waals surface area (Å²) in [5, 5.41) is 13.0. The Balaban J connectivity index is 1.68. The molecule has 0 aromatic carbocycles. The van der Waals surface area contributed by atoms with Gasteiger partial charge in [-0.2, -0.15) is 0 Å². The normalized spacial score (nSPS) is 24.9. The van der Waals surface area contributed by atoms with Gasteiger partial charge in [0.15, 0.2) is 0 Å².